The van der Waals surface area contributed by atoms with Crippen molar-refractivity contribution in [3.05, 3.63) is 108 Å². The predicted octanol–water partition coefficient (Wildman–Crippen LogP) is 5.87. The summed E-state index contributed by atoms with van der Waals surface area (Å²) >= 11 is 0. The molecule has 0 radical (unpaired) electrons. The fourth-order valence-corrected chi connectivity index (χ4v) is 10.3. The van der Waals surface area contributed by atoms with E-state index in [-0.39, 0.29) is 82.8 Å². The number of ether oxygens (including phenoxy) is 4. The molecule has 9 amide bonds. The molecule has 9 atom stereocenters. The molecular weight excluding hydrogens is 1230 g/mol. The number of amides is 9. The van der Waals surface area contributed by atoms with E-state index < -0.39 is 142 Å². The van der Waals surface area contributed by atoms with Crippen LogP contribution in [0.1, 0.15) is 172 Å². The van der Waals surface area contributed by atoms with Crippen LogP contribution in [-0.4, -0.2) is 154 Å². The molecule has 0 saturated carbocycles. The summed E-state index contributed by atoms with van der Waals surface area (Å²) in [5.41, 5.74) is -0.624. The quantitative estimate of drug-likeness (QED) is 0.0261. The SMILES string of the molecule is CC(C)C[C@H](NC(=O)OCc1ccccc1)C(=O)N[C@@H](C)C(=O)N[C@@H](CCC(=O)OC(C)(C)C)C(=O)N[C@@H](C)C(=O)N[C@@H](Cc1ccccc1)C(=O)N1CCC[C@H]1C(=O)N[C@@H](CC(C)C)C(=O)N[C@@H](CCC(=O)OC(C)(C)C)C(=O)N[C@@H](Cc1ccccc1)C(=O)OC(C)(C)C. The number of hydrogen-bond acceptors (Lipinski definition) is 16. The Morgan fingerprint density at radius 3 is 1.26 bits per heavy atom. The highest BCUT2D eigenvalue weighted by atomic mass is 16.6. The molecule has 1 saturated heterocycles. The molecule has 0 unspecified atom stereocenters. The first kappa shape index (κ1) is 79.5. The molecule has 4 rings (SSSR count). The van der Waals surface area contributed by atoms with E-state index in [2.05, 4.69) is 42.5 Å². The number of rotatable bonds is 33. The second-order valence-electron chi connectivity index (χ2n) is 28.1. The molecule has 1 fully saturated rings. The van der Waals surface area contributed by atoms with Gasteiger partial charge in [0.2, 0.25) is 47.3 Å². The summed E-state index contributed by atoms with van der Waals surface area (Å²) in [5, 5.41) is 21.4. The number of carbonyl (C=O) groups is 12. The Bertz CT molecular complexity index is 3110. The summed E-state index contributed by atoms with van der Waals surface area (Å²) < 4.78 is 22.0. The van der Waals surface area contributed by atoms with Crippen LogP contribution < -0.4 is 42.5 Å². The van der Waals surface area contributed by atoms with Crippen molar-refractivity contribution >= 4 is 71.3 Å². The zero-order valence-corrected chi connectivity index (χ0v) is 58.5. The van der Waals surface area contributed by atoms with Crippen molar-refractivity contribution in [3.63, 3.8) is 0 Å². The van der Waals surface area contributed by atoms with Gasteiger partial charge in [0, 0.05) is 32.2 Å². The number of nitrogens with one attached hydrogen (secondary N) is 8. The largest absolute Gasteiger partial charge is 0.460 e. The number of hydrogen-bond donors (Lipinski definition) is 8. The molecule has 1 aliphatic rings. The molecule has 0 aromatic heterocycles. The van der Waals surface area contributed by atoms with Crippen molar-refractivity contribution in [1.29, 1.82) is 0 Å². The Morgan fingerprint density at radius 2 is 0.812 bits per heavy atom. The van der Waals surface area contributed by atoms with Gasteiger partial charge >= 0.3 is 24.0 Å². The highest BCUT2D eigenvalue weighted by Crippen LogP contribution is 2.22. The van der Waals surface area contributed by atoms with Gasteiger partial charge in [-0.2, -0.15) is 0 Å². The van der Waals surface area contributed by atoms with Gasteiger partial charge in [0.05, 0.1) is 0 Å². The average molecular weight is 1340 g/mol. The Morgan fingerprint density at radius 1 is 0.438 bits per heavy atom. The van der Waals surface area contributed by atoms with Crippen LogP contribution in [-0.2, 0) is 91.1 Å². The van der Waals surface area contributed by atoms with Crippen molar-refractivity contribution in [2.24, 2.45) is 11.8 Å². The van der Waals surface area contributed by atoms with E-state index in [0.717, 1.165) is 5.56 Å². The molecule has 0 spiro atoms. The summed E-state index contributed by atoms with van der Waals surface area (Å²) in [4.78, 5) is 169. The Balaban J connectivity index is 1.55. The molecule has 0 aliphatic carbocycles. The maximum atomic E-state index is 15.0. The minimum atomic E-state index is -1.48. The second kappa shape index (κ2) is 37.4. The lowest BCUT2D eigenvalue weighted by Crippen LogP contribution is -2.60. The summed E-state index contributed by atoms with van der Waals surface area (Å²) in [6, 6.07) is 14.9. The molecule has 0 bridgehead atoms. The van der Waals surface area contributed by atoms with Gasteiger partial charge in [0.15, 0.2) is 0 Å². The van der Waals surface area contributed by atoms with Crippen molar-refractivity contribution in [2.75, 3.05) is 6.54 Å². The van der Waals surface area contributed by atoms with Crippen molar-refractivity contribution < 1.29 is 76.5 Å². The standard InChI is InChI=1S/C71H103N9O16/c1-43(2)38-52(64(88)75-51(34-36-58(82)95-70(10,11)12)62(86)78-55(67(91)96-71(13,14)15)41-48-28-21-17-22-29-48)76-65(89)56-32-25-37-80(56)66(90)54(40-47-26-19-16-20-27-47)77-60(84)46(6)72-61(85)50(33-35-57(81)94-69(7,8)9)74-59(83)45(5)73-63(87)53(39-44(3)4)79-68(92)93-42-49-30-23-18-24-31-49/h16-24,26-31,43-46,50-56H,25,32-42H2,1-15H3,(H,72,85)(H,73,87)(H,74,83)(H,75,88)(H,76,89)(H,77,84)(H,78,86)(H,79,92)/t45-,46-,50-,51-,52-,53-,54-,55-,56-/m0/s1. The highest BCUT2D eigenvalue weighted by molar-refractivity contribution is 5.99. The molecule has 3 aromatic carbocycles. The van der Waals surface area contributed by atoms with Crippen LogP contribution >= 0.6 is 0 Å². The van der Waals surface area contributed by atoms with Crippen LogP contribution in [0.5, 0.6) is 0 Å². The normalized spacial score (nSPS) is 15.7. The smallest absolute Gasteiger partial charge is 0.408 e. The molecular formula is C71H103N9O16. The molecule has 528 valence electrons. The average Bonchev–Trinajstić information content (AvgIpc) is 1.62. The third-order valence-corrected chi connectivity index (χ3v) is 14.8. The van der Waals surface area contributed by atoms with Gasteiger partial charge in [-0.05, 0) is 143 Å². The van der Waals surface area contributed by atoms with Crippen molar-refractivity contribution in [2.45, 2.75) is 246 Å². The zero-order valence-electron chi connectivity index (χ0n) is 58.5. The van der Waals surface area contributed by atoms with E-state index in [4.69, 9.17) is 18.9 Å². The highest BCUT2D eigenvalue weighted by Gasteiger charge is 2.41. The van der Waals surface area contributed by atoms with Crippen LogP contribution in [0.4, 0.5) is 4.79 Å². The minimum absolute atomic E-state index is 0.0335. The van der Waals surface area contributed by atoms with Gasteiger partial charge in [-0.25, -0.2) is 9.59 Å². The summed E-state index contributed by atoms with van der Waals surface area (Å²) in [6.45, 7) is 25.1. The molecule has 25 nitrogen and oxygen atoms in total. The summed E-state index contributed by atoms with van der Waals surface area (Å²) in [7, 11) is 0. The first-order valence-corrected chi connectivity index (χ1v) is 33.0. The van der Waals surface area contributed by atoms with Crippen molar-refractivity contribution in [1.82, 2.24) is 47.4 Å². The number of esters is 3. The number of nitrogens with zero attached hydrogens (tertiary/aromatic N) is 1. The van der Waals surface area contributed by atoms with Gasteiger partial charge < -0.3 is 66.4 Å². The number of likely N-dealkylation sites (tertiary alicyclic amines) is 1. The van der Waals surface area contributed by atoms with E-state index in [1.165, 1.54) is 18.7 Å². The van der Waals surface area contributed by atoms with E-state index in [1.807, 2.05) is 33.8 Å². The third kappa shape index (κ3) is 29.4. The topological polar surface area (TPSA) is 341 Å². The number of carbonyl (C=O) groups excluding carboxylic acids is 12. The zero-order chi connectivity index (χ0) is 71.7. The van der Waals surface area contributed by atoms with Crippen molar-refractivity contribution in [3.8, 4) is 0 Å². The fourth-order valence-electron chi connectivity index (χ4n) is 10.3. The number of alkyl carbamates (subject to hydrolysis) is 1. The van der Waals surface area contributed by atoms with E-state index in [0.29, 0.717) is 17.5 Å². The third-order valence-electron chi connectivity index (χ3n) is 14.8. The molecule has 8 N–H and O–H groups in total. The number of benzene rings is 3. The fraction of sp³-hybridized carbons (Fsp3) is 0.577. The van der Waals surface area contributed by atoms with Crippen LogP contribution in [0.2, 0.25) is 0 Å². The molecule has 1 heterocycles. The first-order valence-electron chi connectivity index (χ1n) is 33.0. The Hall–Kier alpha value is -8.90. The van der Waals surface area contributed by atoms with E-state index >= 15 is 0 Å². The second-order valence-corrected chi connectivity index (χ2v) is 28.1. The van der Waals surface area contributed by atoms with Crippen LogP contribution in [0.25, 0.3) is 0 Å². The van der Waals surface area contributed by atoms with Crippen LogP contribution in [0.15, 0.2) is 91.0 Å². The lowest BCUT2D eigenvalue weighted by molar-refractivity contribution is -0.159. The maximum Gasteiger partial charge on any atom is 0.408 e. The Labute approximate surface area is 564 Å². The van der Waals surface area contributed by atoms with E-state index in [9.17, 15) is 57.5 Å². The lowest BCUT2D eigenvalue weighted by Gasteiger charge is -2.31. The molecule has 3 aromatic rings. The molecule has 1 aliphatic heterocycles. The first-order chi connectivity index (χ1) is 44.9. The van der Waals surface area contributed by atoms with E-state index in [1.54, 1.807) is 147 Å². The summed E-state index contributed by atoms with van der Waals surface area (Å²) in [6.07, 6.45) is -1.37. The monoisotopic (exact) mass is 1340 g/mol. The van der Waals surface area contributed by atoms with Gasteiger partial charge in [0.25, 0.3) is 0 Å². The van der Waals surface area contributed by atoms with Gasteiger partial charge in [-0.3, -0.25) is 47.9 Å². The predicted molar refractivity (Wildman–Crippen MR) is 358 cm³/mol. The molecule has 96 heavy (non-hydrogen) atoms. The molecule has 25 heteroatoms. The lowest BCUT2D eigenvalue weighted by atomic mass is 10.0. The Kier molecular flexibility index (Phi) is 31.0. The van der Waals surface area contributed by atoms with Gasteiger partial charge in [-0.15, -0.1) is 0 Å². The maximum absolute atomic E-state index is 15.0. The minimum Gasteiger partial charge on any atom is -0.460 e. The van der Waals surface area contributed by atoms with Crippen LogP contribution in [0, 0.1) is 11.8 Å². The summed E-state index contributed by atoms with van der Waals surface area (Å²) in [5.74, 6) is -8.61. The van der Waals surface area contributed by atoms with Crippen LogP contribution in [0.3, 0.4) is 0 Å². The van der Waals surface area contributed by atoms with Gasteiger partial charge in [0.1, 0.15) is 77.8 Å². The van der Waals surface area contributed by atoms with Gasteiger partial charge in [-0.1, -0.05) is 119 Å².